The van der Waals surface area contributed by atoms with Crippen molar-refractivity contribution in [1.82, 2.24) is 14.5 Å². The molecule has 2 heterocycles. The molecule has 0 unspecified atom stereocenters. The zero-order chi connectivity index (χ0) is 11.7. The van der Waals surface area contributed by atoms with Gasteiger partial charge in [0.05, 0.1) is 12.9 Å². The number of halogens is 1. The van der Waals surface area contributed by atoms with Crippen LogP contribution in [-0.4, -0.2) is 14.5 Å². The maximum absolute atomic E-state index is 4.35. The first-order chi connectivity index (χ1) is 8.33. The molecule has 0 saturated heterocycles. The van der Waals surface area contributed by atoms with Crippen molar-refractivity contribution in [1.29, 1.82) is 0 Å². The smallest absolute Gasteiger partial charge is 0.160 e. The standard InChI is InChI=1S/C13H10BrN3/c14-11-5-3-10(4-6-11)8-17-9-16-12-2-1-7-15-13(12)17/h1-7,9H,8H2. The van der Waals surface area contributed by atoms with E-state index in [4.69, 9.17) is 0 Å². The molecule has 3 rings (SSSR count). The lowest BCUT2D eigenvalue weighted by atomic mass is 10.2. The first-order valence-corrected chi connectivity index (χ1v) is 6.12. The molecule has 1 aromatic carbocycles. The van der Waals surface area contributed by atoms with Crippen LogP contribution in [0, 0.1) is 0 Å². The number of imidazole rings is 1. The molecule has 0 bridgehead atoms. The second kappa shape index (κ2) is 4.30. The van der Waals surface area contributed by atoms with Crippen LogP contribution in [0.3, 0.4) is 0 Å². The Bertz CT molecular complexity index is 643. The Morgan fingerprint density at radius 1 is 1.06 bits per heavy atom. The van der Waals surface area contributed by atoms with Gasteiger partial charge in [0.25, 0.3) is 0 Å². The van der Waals surface area contributed by atoms with E-state index in [2.05, 4.69) is 42.6 Å². The van der Waals surface area contributed by atoms with Crippen molar-refractivity contribution in [3.63, 3.8) is 0 Å². The van der Waals surface area contributed by atoms with Gasteiger partial charge in [0.1, 0.15) is 5.52 Å². The summed E-state index contributed by atoms with van der Waals surface area (Å²) >= 11 is 3.43. The summed E-state index contributed by atoms with van der Waals surface area (Å²) in [7, 11) is 0. The Morgan fingerprint density at radius 3 is 2.71 bits per heavy atom. The highest BCUT2D eigenvalue weighted by atomic mass is 79.9. The lowest BCUT2D eigenvalue weighted by Gasteiger charge is -2.03. The van der Waals surface area contributed by atoms with E-state index in [1.165, 1.54) is 5.56 Å². The molecule has 0 aliphatic rings. The lowest BCUT2D eigenvalue weighted by molar-refractivity contribution is 0.814. The van der Waals surface area contributed by atoms with E-state index < -0.39 is 0 Å². The maximum atomic E-state index is 4.35. The van der Waals surface area contributed by atoms with Crippen molar-refractivity contribution >= 4 is 27.1 Å². The van der Waals surface area contributed by atoms with Crippen LogP contribution in [0.25, 0.3) is 11.2 Å². The van der Waals surface area contributed by atoms with Crippen molar-refractivity contribution in [2.45, 2.75) is 6.54 Å². The lowest BCUT2D eigenvalue weighted by Crippen LogP contribution is -1.98. The minimum absolute atomic E-state index is 0.792. The summed E-state index contributed by atoms with van der Waals surface area (Å²) < 4.78 is 3.15. The topological polar surface area (TPSA) is 30.7 Å². The van der Waals surface area contributed by atoms with E-state index >= 15 is 0 Å². The molecule has 0 aliphatic heterocycles. The van der Waals surface area contributed by atoms with Crippen LogP contribution >= 0.6 is 15.9 Å². The van der Waals surface area contributed by atoms with E-state index in [-0.39, 0.29) is 0 Å². The molecule has 17 heavy (non-hydrogen) atoms. The molecule has 3 nitrogen and oxygen atoms in total. The Hall–Kier alpha value is -1.68. The highest BCUT2D eigenvalue weighted by Crippen LogP contribution is 2.14. The van der Waals surface area contributed by atoms with Gasteiger partial charge in [-0.25, -0.2) is 9.97 Å². The third kappa shape index (κ3) is 2.08. The van der Waals surface area contributed by atoms with Gasteiger partial charge in [-0.05, 0) is 29.8 Å². The van der Waals surface area contributed by atoms with Crippen molar-refractivity contribution in [2.75, 3.05) is 0 Å². The summed E-state index contributed by atoms with van der Waals surface area (Å²) in [4.78, 5) is 8.67. The molecule has 4 heteroatoms. The number of nitrogens with zero attached hydrogens (tertiary/aromatic N) is 3. The average molecular weight is 288 g/mol. The summed E-state index contributed by atoms with van der Waals surface area (Å²) in [6.07, 6.45) is 3.63. The van der Waals surface area contributed by atoms with Crippen LogP contribution in [0.15, 0.2) is 53.4 Å². The highest BCUT2D eigenvalue weighted by Gasteiger charge is 2.03. The van der Waals surface area contributed by atoms with Gasteiger partial charge in [-0.2, -0.15) is 0 Å². The van der Waals surface area contributed by atoms with Gasteiger partial charge in [-0.1, -0.05) is 28.1 Å². The largest absolute Gasteiger partial charge is 0.311 e. The summed E-state index contributed by atoms with van der Waals surface area (Å²) in [6.45, 7) is 0.792. The number of benzene rings is 1. The molecular weight excluding hydrogens is 278 g/mol. The van der Waals surface area contributed by atoms with Gasteiger partial charge < -0.3 is 4.57 Å². The zero-order valence-corrected chi connectivity index (χ0v) is 10.6. The fourth-order valence-corrected chi connectivity index (χ4v) is 2.06. The predicted octanol–water partition coefficient (Wildman–Crippen LogP) is 3.24. The van der Waals surface area contributed by atoms with E-state index in [1.54, 1.807) is 6.20 Å². The van der Waals surface area contributed by atoms with Crippen LogP contribution in [0.2, 0.25) is 0 Å². The quantitative estimate of drug-likeness (QED) is 0.724. The summed E-state index contributed by atoms with van der Waals surface area (Å²) in [5, 5.41) is 0. The number of hydrogen-bond acceptors (Lipinski definition) is 2. The maximum Gasteiger partial charge on any atom is 0.160 e. The Balaban J connectivity index is 1.97. The van der Waals surface area contributed by atoms with Crippen molar-refractivity contribution < 1.29 is 0 Å². The number of aromatic nitrogens is 3. The fraction of sp³-hybridized carbons (Fsp3) is 0.0769. The van der Waals surface area contributed by atoms with Gasteiger partial charge in [0, 0.05) is 10.7 Å². The molecule has 0 fully saturated rings. The Kier molecular flexibility index (Phi) is 2.65. The summed E-state index contributed by atoms with van der Waals surface area (Å²) in [5.41, 5.74) is 3.10. The van der Waals surface area contributed by atoms with Gasteiger partial charge in [-0.3, -0.25) is 0 Å². The van der Waals surface area contributed by atoms with Crippen LogP contribution in [0.5, 0.6) is 0 Å². The first kappa shape index (κ1) is 10.5. The molecular formula is C13H10BrN3. The molecule has 84 valence electrons. The van der Waals surface area contributed by atoms with Crippen molar-refractivity contribution in [3.05, 3.63) is 59.0 Å². The van der Waals surface area contributed by atoms with Gasteiger partial charge in [0.2, 0.25) is 0 Å². The zero-order valence-electron chi connectivity index (χ0n) is 9.05. The van der Waals surface area contributed by atoms with Crippen LogP contribution in [0.4, 0.5) is 0 Å². The normalized spacial score (nSPS) is 10.9. The van der Waals surface area contributed by atoms with E-state index in [9.17, 15) is 0 Å². The monoisotopic (exact) mass is 287 g/mol. The minimum atomic E-state index is 0.792. The molecule has 0 atom stereocenters. The third-order valence-electron chi connectivity index (χ3n) is 2.64. The Morgan fingerprint density at radius 2 is 1.88 bits per heavy atom. The molecule has 0 amide bonds. The number of pyridine rings is 1. The van der Waals surface area contributed by atoms with Crippen molar-refractivity contribution in [2.24, 2.45) is 0 Å². The fourth-order valence-electron chi connectivity index (χ4n) is 1.80. The Labute approximate surface area is 107 Å². The van der Waals surface area contributed by atoms with Gasteiger partial charge in [0.15, 0.2) is 5.65 Å². The average Bonchev–Trinajstić information content (AvgIpc) is 2.76. The molecule has 3 aromatic rings. The highest BCUT2D eigenvalue weighted by molar-refractivity contribution is 9.10. The molecule has 0 aliphatic carbocycles. The van der Waals surface area contributed by atoms with Gasteiger partial charge >= 0.3 is 0 Å². The second-order valence-electron chi connectivity index (χ2n) is 3.85. The van der Waals surface area contributed by atoms with Crippen LogP contribution in [-0.2, 0) is 6.54 Å². The molecule has 0 saturated carbocycles. The molecule has 2 aromatic heterocycles. The van der Waals surface area contributed by atoms with Crippen molar-refractivity contribution in [3.8, 4) is 0 Å². The van der Waals surface area contributed by atoms with E-state index in [0.29, 0.717) is 0 Å². The number of hydrogen-bond donors (Lipinski definition) is 0. The molecule has 0 radical (unpaired) electrons. The summed E-state index contributed by atoms with van der Waals surface area (Å²) in [5.74, 6) is 0. The van der Waals surface area contributed by atoms with E-state index in [1.807, 2.05) is 30.6 Å². The first-order valence-electron chi connectivity index (χ1n) is 5.33. The molecule has 0 N–H and O–H groups in total. The minimum Gasteiger partial charge on any atom is -0.311 e. The molecule has 0 spiro atoms. The number of fused-ring (bicyclic) bond motifs is 1. The third-order valence-corrected chi connectivity index (χ3v) is 3.17. The van der Waals surface area contributed by atoms with Crippen LogP contribution < -0.4 is 0 Å². The summed E-state index contributed by atoms with van der Waals surface area (Å²) in [6, 6.07) is 12.2. The second-order valence-corrected chi connectivity index (χ2v) is 4.76. The van der Waals surface area contributed by atoms with Gasteiger partial charge in [-0.15, -0.1) is 0 Å². The predicted molar refractivity (Wildman–Crippen MR) is 70.8 cm³/mol. The van der Waals surface area contributed by atoms with E-state index in [0.717, 1.165) is 22.2 Å². The number of rotatable bonds is 2. The van der Waals surface area contributed by atoms with Crippen LogP contribution in [0.1, 0.15) is 5.56 Å². The SMILES string of the molecule is Brc1ccc(Cn2cnc3cccnc32)cc1.